The van der Waals surface area contributed by atoms with Gasteiger partial charge in [0.1, 0.15) is 0 Å². The molecular weight excluding hydrogens is 260 g/mol. The Labute approximate surface area is 117 Å². The van der Waals surface area contributed by atoms with Gasteiger partial charge in [0.05, 0.1) is 13.1 Å². The minimum atomic E-state index is 0.479. The third kappa shape index (κ3) is 4.65. The summed E-state index contributed by atoms with van der Waals surface area (Å²) in [7, 11) is 0. The van der Waals surface area contributed by atoms with Crippen molar-refractivity contribution in [2.75, 3.05) is 11.9 Å². The van der Waals surface area contributed by atoms with E-state index < -0.39 is 0 Å². The molecule has 0 bridgehead atoms. The van der Waals surface area contributed by atoms with Gasteiger partial charge in [-0.3, -0.25) is 0 Å². The maximum absolute atomic E-state index is 5.50. The predicted octanol–water partition coefficient (Wildman–Crippen LogP) is 2.80. The molecule has 6 heteroatoms. The molecule has 0 fully saturated rings. The summed E-state index contributed by atoms with van der Waals surface area (Å²) in [6, 6.07) is 4.69. The normalized spacial score (nSPS) is 11.2. The Balaban J connectivity index is 1.77. The van der Waals surface area contributed by atoms with E-state index in [1.54, 1.807) is 11.3 Å². The minimum absolute atomic E-state index is 0.479. The largest absolute Gasteiger partial charge is 0.407 e. The molecule has 2 aromatic heterocycles. The van der Waals surface area contributed by atoms with E-state index in [0.717, 1.165) is 13.1 Å². The Morgan fingerprint density at radius 3 is 2.79 bits per heavy atom. The summed E-state index contributed by atoms with van der Waals surface area (Å²) in [5.41, 5.74) is 0. The number of rotatable bonds is 7. The number of hydrogen-bond donors (Lipinski definition) is 2. The van der Waals surface area contributed by atoms with E-state index in [9.17, 15) is 0 Å². The molecule has 0 aromatic carbocycles. The zero-order valence-corrected chi connectivity index (χ0v) is 12.4. The maximum atomic E-state index is 5.50. The monoisotopic (exact) mass is 280 g/mol. The van der Waals surface area contributed by atoms with Gasteiger partial charge in [0, 0.05) is 9.75 Å². The minimum Gasteiger partial charge on any atom is -0.407 e. The summed E-state index contributed by atoms with van der Waals surface area (Å²) in [6.45, 7) is 8.71. The lowest BCUT2D eigenvalue weighted by atomic mass is 10.2. The molecule has 2 rings (SSSR count). The van der Waals surface area contributed by atoms with E-state index in [1.165, 1.54) is 9.75 Å². The van der Waals surface area contributed by atoms with Crippen LogP contribution in [0.3, 0.4) is 0 Å². The quantitative estimate of drug-likeness (QED) is 0.816. The van der Waals surface area contributed by atoms with Gasteiger partial charge < -0.3 is 15.1 Å². The first-order valence-electron chi connectivity index (χ1n) is 6.46. The number of anilines is 1. The van der Waals surface area contributed by atoms with E-state index in [-0.39, 0.29) is 0 Å². The average Bonchev–Trinajstić information content (AvgIpc) is 2.95. The fourth-order valence-corrected chi connectivity index (χ4v) is 2.44. The topological polar surface area (TPSA) is 63.0 Å². The molecule has 0 aliphatic heterocycles. The van der Waals surface area contributed by atoms with Gasteiger partial charge in [-0.15, -0.1) is 16.4 Å². The van der Waals surface area contributed by atoms with Crippen LogP contribution in [0, 0.1) is 12.8 Å². The SMILES string of the molecule is Cc1ccc(CNc2nnc(CNCC(C)C)o2)s1. The lowest BCUT2D eigenvalue weighted by molar-refractivity contribution is 0.458. The van der Waals surface area contributed by atoms with Crippen molar-refractivity contribution in [2.24, 2.45) is 5.92 Å². The van der Waals surface area contributed by atoms with Crippen LogP contribution in [0.1, 0.15) is 29.5 Å². The molecule has 0 saturated heterocycles. The number of aromatic nitrogens is 2. The van der Waals surface area contributed by atoms with E-state index >= 15 is 0 Å². The predicted molar refractivity (Wildman–Crippen MR) is 77.2 cm³/mol. The molecule has 0 spiro atoms. The zero-order chi connectivity index (χ0) is 13.7. The van der Waals surface area contributed by atoms with Crippen molar-refractivity contribution in [2.45, 2.75) is 33.9 Å². The van der Waals surface area contributed by atoms with Gasteiger partial charge >= 0.3 is 6.01 Å². The van der Waals surface area contributed by atoms with Crippen molar-refractivity contribution in [3.63, 3.8) is 0 Å². The maximum Gasteiger partial charge on any atom is 0.315 e. The number of hydrogen-bond acceptors (Lipinski definition) is 6. The first-order chi connectivity index (χ1) is 9.13. The van der Waals surface area contributed by atoms with Crippen LogP contribution in [0.4, 0.5) is 6.01 Å². The summed E-state index contributed by atoms with van der Waals surface area (Å²) in [4.78, 5) is 2.57. The van der Waals surface area contributed by atoms with Crippen molar-refractivity contribution in [3.8, 4) is 0 Å². The van der Waals surface area contributed by atoms with Crippen molar-refractivity contribution in [1.82, 2.24) is 15.5 Å². The third-order valence-corrected chi connectivity index (χ3v) is 3.51. The number of thiophene rings is 1. The Morgan fingerprint density at radius 2 is 2.11 bits per heavy atom. The van der Waals surface area contributed by atoms with Crippen LogP contribution in [0.25, 0.3) is 0 Å². The van der Waals surface area contributed by atoms with Crippen LogP contribution in [0.2, 0.25) is 0 Å². The first-order valence-corrected chi connectivity index (χ1v) is 7.27. The molecule has 5 nitrogen and oxygen atoms in total. The van der Waals surface area contributed by atoms with E-state index in [2.05, 4.69) is 53.7 Å². The van der Waals surface area contributed by atoms with Crippen molar-refractivity contribution < 1.29 is 4.42 Å². The average molecular weight is 280 g/mol. The highest BCUT2D eigenvalue weighted by Gasteiger charge is 2.06. The summed E-state index contributed by atoms with van der Waals surface area (Å²) in [5.74, 6) is 1.23. The van der Waals surface area contributed by atoms with Crippen LogP contribution in [0.5, 0.6) is 0 Å². The zero-order valence-electron chi connectivity index (χ0n) is 11.6. The lowest BCUT2D eigenvalue weighted by Crippen LogP contribution is -2.19. The second-order valence-electron chi connectivity index (χ2n) is 4.89. The Kier molecular flexibility index (Phi) is 4.93. The molecule has 19 heavy (non-hydrogen) atoms. The number of aryl methyl sites for hydroxylation is 1. The van der Waals surface area contributed by atoms with Crippen LogP contribution in [-0.4, -0.2) is 16.7 Å². The summed E-state index contributed by atoms with van der Waals surface area (Å²) in [5, 5.41) is 14.4. The smallest absolute Gasteiger partial charge is 0.315 e. The van der Waals surface area contributed by atoms with Gasteiger partial charge in [-0.2, -0.15) is 0 Å². The standard InChI is InChI=1S/C13H20N4OS/c1-9(2)6-14-8-12-16-17-13(18-12)15-7-11-5-4-10(3)19-11/h4-5,9,14H,6-8H2,1-3H3,(H,15,17). The van der Waals surface area contributed by atoms with Crippen LogP contribution in [-0.2, 0) is 13.1 Å². The van der Waals surface area contributed by atoms with E-state index in [1.807, 2.05) is 0 Å². The Bertz CT molecular complexity index is 506. The highest BCUT2D eigenvalue weighted by Crippen LogP contribution is 2.16. The molecule has 0 unspecified atom stereocenters. The van der Waals surface area contributed by atoms with Crippen LogP contribution >= 0.6 is 11.3 Å². The fourth-order valence-electron chi connectivity index (χ4n) is 1.61. The molecular formula is C13H20N4OS. The van der Waals surface area contributed by atoms with Gasteiger partial charge in [0.25, 0.3) is 0 Å². The van der Waals surface area contributed by atoms with Crippen LogP contribution < -0.4 is 10.6 Å². The summed E-state index contributed by atoms with van der Waals surface area (Å²) < 4.78 is 5.50. The second kappa shape index (κ2) is 6.68. The molecule has 2 N–H and O–H groups in total. The van der Waals surface area contributed by atoms with Crippen LogP contribution in [0.15, 0.2) is 16.5 Å². The van der Waals surface area contributed by atoms with Crippen molar-refractivity contribution in [1.29, 1.82) is 0 Å². The molecule has 0 amide bonds. The first kappa shape index (κ1) is 14.0. The highest BCUT2D eigenvalue weighted by molar-refractivity contribution is 7.11. The van der Waals surface area contributed by atoms with Gasteiger partial charge in [-0.1, -0.05) is 18.9 Å². The molecule has 0 radical (unpaired) electrons. The van der Waals surface area contributed by atoms with Gasteiger partial charge in [0.15, 0.2) is 0 Å². The van der Waals surface area contributed by atoms with E-state index in [0.29, 0.717) is 24.4 Å². The summed E-state index contributed by atoms with van der Waals surface area (Å²) >= 11 is 1.77. The highest BCUT2D eigenvalue weighted by atomic mass is 32.1. The van der Waals surface area contributed by atoms with Gasteiger partial charge in [-0.05, 0) is 31.5 Å². The Hall–Kier alpha value is -1.40. The molecule has 2 heterocycles. The van der Waals surface area contributed by atoms with Crippen molar-refractivity contribution in [3.05, 3.63) is 27.8 Å². The van der Waals surface area contributed by atoms with Crippen molar-refractivity contribution >= 4 is 17.4 Å². The van der Waals surface area contributed by atoms with Gasteiger partial charge in [0.2, 0.25) is 5.89 Å². The molecule has 0 aliphatic carbocycles. The molecule has 104 valence electrons. The van der Waals surface area contributed by atoms with Gasteiger partial charge in [-0.25, -0.2) is 0 Å². The molecule has 0 atom stereocenters. The molecule has 0 aliphatic rings. The Morgan fingerprint density at radius 1 is 1.26 bits per heavy atom. The van der Waals surface area contributed by atoms with E-state index in [4.69, 9.17) is 4.42 Å². The second-order valence-corrected chi connectivity index (χ2v) is 6.26. The lowest BCUT2D eigenvalue weighted by Gasteiger charge is -2.03. The fraction of sp³-hybridized carbons (Fsp3) is 0.538. The number of nitrogens with one attached hydrogen (secondary N) is 2. The molecule has 0 saturated carbocycles. The molecule has 2 aromatic rings. The third-order valence-electron chi connectivity index (χ3n) is 2.51. The summed E-state index contributed by atoms with van der Waals surface area (Å²) in [6.07, 6.45) is 0. The number of nitrogens with zero attached hydrogens (tertiary/aromatic N) is 2.